The average Bonchev–Trinajstić information content (AvgIpc) is 1.99. The van der Waals surface area contributed by atoms with Crippen molar-refractivity contribution in [2.75, 3.05) is 7.11 Å². The lowest BCUT2D eigenvalue weighted by Crippen LogP contribution is -2.51. The number of carbonyl (C=O) groups is 2. The second-order valence-corrected chi connectivity index (χ2v) is 4.57. The average molecular weight is 226 g/mol. The van der Waals surface area contributed by atoms with Crippen LogP contribution in [0.1, 0.15) is 12.8 Å². The third-order valence-electron chi connectivity index (χ3n) is 1.80. The highest BCUT2D eigenvalue weighted by atomic mass is 35.5. The van der Waals surface area contributed by atoms with Crippen molar-refractivity contribution in [3.63, 3.8) is 0 Å². The van der Waals surface area contributed by atoms with Crippen molar-refractivity contribution in [2.45, 2.75) is 23.2 Å². The van der Waals surface area contributed by atoms with Gasteiger partial charge in [0.2, 0.25) is 0 Å². The van der Waals surface area contributed by atoms with E-state index in [4.69, 9.17) is 23.2 Å². The van der Waals surface area contributed by atoms with Gasteiger partial charge < -0.3 is 10.1 Å². The molecule has 0 unspecified atom stereocenters. The first-order chi connectivity index (χ1) is 5.94. The van der Waals surface area contributed by atoms with Crippen LogP contribution in [0.15, 0.2) is 0 Å². The SMILES string of the molecule is COC(=O)C(=O)NC1CC(Cl)(Cl)C1. The molecule has 1 amide bonds. The minimum Gasteiger partial charge on any atom is -0.462 e. The quantitative estimate of drug-likeness (QED) is 0.405. The first-order valence-corrected chi connectivity index (χ1v) is 4.47. The minimum absolute atomic E-state index is 0.124. The van der Waals surface area contributed by atoms with E-state index < -0.39 is 16.2 Å². The van der Waals surface area contributed by atoms with Crippen LogP contribution in [0.4, 0.5) is 0 Å². The Hall–Kier alpha value is -0.480. The predicted molar refractivity (Wildman–Crippen MR) is 47.6 cm³/mol. The zero-order valence-electron chi connectivity index (χ0n) is 6.97. The molecule has 74 valence electrons. The van der Waals surface area contributed by atoms with Gasteiger partial charge in [0.15, 0.2) is 0 Å². The number of hydrogen-bond donors (Lipinski definition) is 1. The lowest BCUT2D eigenvalue weighted by molar-refractivity contribution is -0.153. The molecule has 0 saturated heterocycles. The number of rotatable bonds is 1. The van der Waals surface area contributed by atoms with Crippen LogP contribution in [-0.4, -0.2) is 29.4 Å². The first-order valence-electron chi connectivity index (χ1n) is 3.71. The molecule has 1 rings (SSSR count). The molecule has 0 radical (unpaired) electrons. The Morgan fingerprint density at radius 1 is 1.46 bits per heavy atom. The van der Waals surface area contributed by atoms with E-state index in [0.717, 1.165) is 7.11 Å². The Bertz CT molecular complexity index is 234. The maximum absolute atomic E-state index is 10.9. The summed E-state index contributed by atoms with van der Waals surface area (Å²) in [5.74, 6) is -1.65. The van der Waals surface area contributed by atoms with Gasteiger partial charge in [-0.1, -0.05) is 0 Å². The molecular formula is C7H9Cl2NO3. The van der Waals surface area contributed by atoms with Crippen LogP contribution in [0.2, 0.25) is 0 Å². The highest BCUT2D eigenvalue weighted by Crippen LogP contribution is 2.42. The molecular weight excluding hydrogens is 217 g/mol. The summed E-state index contributed by atoms with van der Waals surface area (Å²) < 4.78 is 3.46. The second-order valence-electron chi connectivity index (χ2n) is 2.93. The molecule has 0 aromatic heterocycles. The van der Waals surface area contributed by atoms with E-state index in [2.05, 4.69) is 10.1 Å². The van der Waals surface area contributed by atoms with Crippen LogP contribution >= 0.6 is 23.2 Å². The van der Waals surface area contributed by atoms with Crippen LogP contribution < -0.4 is 5.32 Å². The molecule has 0 atom stereocenters. The summed E-state index contributed by atoms with van der Waals surface area (Å²) in [6, 6.07) is -0.124. The van der Waals surface area contributed by atoms with E-state index >= 15 is 0 Å². The molecule has 1 aliphatic carbocycles. The van der Waals surface area contributed by atoms with Crippen LogP contribution in [0.25, 0.3) is 0 Å². The van der Waals surface area contributed by atoms with Crippen molar-refractivity contribution < 1.29 is 14.3 Å². The van der Waals surface area contributed by atoms with E-state index in [1.807, 2.05) is 0 Å². The first kappa shape index (κ1) is 10.6. The molecule has 1 fully saturated rings. The normalized spacial score (nSPS) is 20.2. The Morgan fingerprint density at radius 3 is 2.38 bits per heavy atom. The fourth-order valence-corrected chi connectivity index (χ4v) is 1.85. The van der Waals surface area contributed by atoms with Crippen LogP contribution in [0, 0.1) is 0 Å². The van der Waals surface area contributed by atoms with Crippen molar-refractivity contribution in [3.05, 3.63) is 0 Å². The van der Waals surface area contributed by atoms with E-state index in [9.17, 15) is 9.59 Å². The number of halogens is 2. The molecule has 1 saturated carbocycles. The number of nitrogens with one attached hydrogen (secondary N) is 1. The lowest BCUT2D eigenvalue weighted by Gasteiger charge is -2.37. The molecule has 6 heteroatoms. The zero-order chi connectivity index (χ0) is 10.1. The number of amides is 1. The van der Waals surface area contributed by atoms with Crippen LogP contribution in [-0.2, 0) is 14.3 Å². The van der Waals surface area contributed by atoms with Crippen molar-refractivity contribution >= 4 is 35.1 Å². The molecule has 0 heterocycles. The monoisotopic (exact) mass is 225 g/mol. The third kappa shape index (κ3) is 2.74. The van der Waals surface area contributed by atoms with E-state index in [0.29, 0.717) is 12.8 Å². The second kappa shape index (κ2) is 3.72. The summed E-state index contributed by atoms with van der Waals surface area (Å²) in [5, 5.41) is 2.44. The summed E-state index contributed by atoms with van der Waals surface area (Å²) in [4.78, 5) is 21.6. The van der Waals surface area contributed by atoms with E-state index in [1.54, 1.807) is 0 Å². The highest BCUT2D eigenvalue weighted by molar-refractivity contribution is 6.49. The van der Waals surface area contributed by atoms with E-state index in [-0.39, 0.29) is 6.04 Å². The molecule has 4 nitrogen and oxygen atoms in total. The van der Waals surface area contributed by atoms with Crippen molar-refractivity contribution in [1.29, 1.82) is 0 Å². The minimum atomic E-state index is -0.901. The summed E-state index contributed by atoms with van der Waals surface area (Å²) in [5.41, 5.74) is 0. The molecule has 1 aliphatic rings. The lowest BCUT2D eigenvalue weighted by atomic mass is 9.91. The standard InChI is InChI=1S/C7H9Cl2NO3/c1-13-6(12)5(11)10-4-2-7(8,9)3-4/h4H,2-3H2,1H3,(H,10,11). The number of methoxy groups -OCH3 is 1. The number of carbonyl (C=O) groups excluding carboxylic acids is 2. The largest absolute Gasteiger partial charge is 0.462 e. The Kier molecular flexibility index (Phi) is 3.03. The Labute approximate surface area is 85.5 Å². The maximum atomic E-state index is 10.9. The van der Waals surface area contributed by atoms with Gasteiger partial charge in [0.05, 0.1) is 7.11 Å². The summed E-state index contributed by atoms with van der Waals surface area (Å²) in [6.07, 6.45) is 0.914. The van der Waals surface area contributed by atoms with Crippen molar-refractivity contribution in [2.24, 2.45) is 0 Å². The molecule has 0 aromatic rings. The smallest absolute Gasteiger partial charge is 0.396 e. The van der Waals surface area contributed by atoms with Crippen LogP contribution in [0.3, 0.4) is 0 Å². The van der Waals surface area contributed by atoms with Gasteiger partial charge in [-0.05, 0) is 0 Å². The fraction of sp³-hybridized carbons (Fsp3) is 0.714. The van der Waals surface area contributed by atoms with Crippen molar-refractivity contribution in [1.82, 2.24) is 5.32 Å². The van der Waals surface area contributed by atoms with Gasteiger partial charge in [-0.25, -0.2) is 4.79 Å². The van der Waals surface area contributed by atoms with Crippen LogP contribution in [0.5, 0.6) is 0 Å². The number of alkyl halides is 2. The van der Waals surface area contributed by atoms with Gasteiger partial charge in [0.1, 0.15) is 4.33 Å². The van der Waals surface area contributed by atoms with Crippen molar-refractivity contribution in [3.8, 4) is 0 Å². The number of hydrogen-bond acceptors (Lipinski definition) is 3. The summed E-state index contributed by atoms with van der Waals surface area (Å²) >= 11 is 11.4. The number of esters is 1. The predicted octanol–water partition coefficient (Wildman–Crippen LogP) is 0.612. The molecule has 0 aliphatic heterocycles. The molecule has 0 bridgehead atoms. The summed E-state index contributed by atoms with van der Waals surface area (Å²) in [7, 11) is 1.15. The maximum Gasteiger partial charge on any atom is 0.396 e. The van der Waals surface area contributed by atoms with Gasteiger partial charge in [-0.2, -0.15) is 0 Å². The molecule has 0 aromatic carbocycles. The highest BCUT2D eigenvalue weighted by Gasteiger charge is 2.42. The van der Waals surface area contributed by atoms with Gasteiger partial charge in [0.25, 0.3) is 0 Å². The fourth-order valence-electron chi connectivity index (χ4n) is 1.10. The summed E-state index contributed by atoms with van der Waals surface area (Å²) in [6.45, 7) is 0. The Morgan fingerprint density at radius 2 is 2.00 bits per heavy atom. The topological polar surface area (TPSA) is 55.4 Å². The van der Waals surface area contributed by atoms with Gasteiger partial charge in [-0.3, -0.25) is 4.79 Å². The molecule has 1 N–H and O–H groups in total. The number of ether oxygens (including phenoxy) is 1. The molecule has 13 heavy (non-hydrogen) atoms. The third-order valence-corrected chi connectivity index (χ3v) is 2.41. The van der Waals surface area contributed by atoms with Gasteiger partial charge in [0, 0.05) is 18.9 Å². The van der Waals surface area contributed by atoms with Gasteiger partial charge in [-0.15, -0.1) is 23.2 Å². The van der Waals surface area contributed by atoms with E-state index in [1.165, 1.54) is 0 Å². The zero-order valence-corrected chi connectivity index (χ0v) is 8.48. The molecule has 0 spiro atoms. The van der Waals surface area contributed by atoms with Gasteiger partial charge >= 0.3 is 11.9 Å². The Balaban J connectivity index is 2.28.